The Bertz CT molecular complexity index is 517. The maximum Gasteiger partial charge on any atom is 0.241 e. The lowest BCUT2D eigenvalue weighted by molar-refractivity contribution is 0.518. The Hall–Kier alpha value is -0.430. The molecular formula is C14H24N2O2S2. The van der Waals surface area contributed by atoms with Crippen LogP contribution >= 0.6 is 11.3 Å². The fraction of sp³-hybridized carbons (Fsp3) is 0.714. The Labute approximate surface area is 126 Å². The lowest BCUT2D eigenvalue weighted by Crippen LogP contribution is -2.29. The smallest absolute Gasteiger partial charge is 0.241 e. The molecule has 0 radical (unpaired) electrons. The number of sulfonamides is 1. The van der Waals surface area contributed by atoms with Gasteiger partial charge in [-0.3, -0.25) is 0 Å². The van der Waals surface area contributed by atoms with E-state index in [4.69, 9.17) is 0 Å². The second kappa shape index (κ2) is 7.02. The molecule has 0 amide bonds. The van der Waals surface area contributed by atoms with E-state index in [0.29, 0.717) is 29.9 Å². The van der Waals surface area contributed by atoms with Crippen molar-refractivity contribution in [1.82, 2.24) is 10.0 Å². The molecule has 1 heterocycles. The standard InChI is InChI=1S/C14H24N2O2S2/c1-11(2)15-10-13-14(7-8-19-13)20(17,18)16-9-12-5-3-4-6-12/h7-8,11-12,15-16H,3-6,9-10H2,1-2H3. The Morgan fingerprint density at radius 2 is 2.05 bits per heavy atom. The van der Waals surface area contributed by atoms with Crippen molar-refractivity contribution in [1.29, 1.82) is 0 Å². The molecule has 0 aliphatic heterocycles. The molecule has 0 unspecified atom stereocenters. The van der Waals surface area contributed by atoms with Gasteiger partial charge in [0.25, 0.3) is 0 Å². The second-order valence-corrected chi connectivity index (χ2v) is 8.48. The number of rotatable bonds is 7. The van der Waals surface area contributed by atoms with Crippen LogP contribution in [-0.4, -0.2) is 21.0 Å². The van der Waals surface area contributed by atoms with Gasteiger partial charge in [0, 0.05) is 24.0 Å². The van der Waals surface area contributed by atoms with Gasteiger partial charge >= 0.3 is 0 Å². The molecule has 0 atom stereocenters. The zero-order valence-electron chi connectivity index (χ0n) is 12.2. The van der Waals surface area contributed by atoms with Crippen molar-refractivity contribution in [2.75, 3.05) is 6.54 Å². The molecular weight excluding hydrogens is 292 g/mol. The average Bonchev–Trinajstić information content (AvgIpc) is 3.05. The summed E-state index contributed by atoms with van der Waals surface area (Å²) in [6.45, 7) is 5.30. The fourth-order valence-electron chi connectivity index (χ4n) is 2.51. The normalized spacial score (nSPS) is 17.1. The van der Waals surface area contributed by atoms with E-state index in [-0.39, 0.29) is 0 Å². The first-order valence-corrected chi connectivity index (χ1v) is 9.65. The molecule has 0 saturated heterocycles. The maximum absolute atomic E-state index is 12.4. The van der Waals surface area contributed by atoms with Gasteiger partial charge in [0.15, 0.2) is 0 Å². The molecule has 20 heavy (non-hydrogen) atoms. The molecule has 1 aliphatic rings. The van der Waals surface area contributed by atoms with Gasteiger partial charge in [0.05, 0.1) is 4.90 Å². The van der Waals surface area contributed by atoms with Crippen molar-refractivity contribution in [2.45, 2.75) is 57.0 Å². The molecule has 1 aromatic heterocycles. The average molecular weight is 316 g/mol. The van der Waals surface area contributed by atoms with Gasteiger partial charge in [-0.1, -0.05) is 26.7 Å². The molecule has 1 aliphatic carbocycles. The highest BCUT2D eigenvalue weighted by molar-refractivity contribution is 7.89. The molecule has 6 heteroatoms. The molecule has 2 N–H and O–H groups in total. The van der Waals surface area contributed by atoms with Crippen molar-refractivity contribution in [2.24, 2.45) is 5.92 Å². The van der Waals surface area contributed by atoms with Crippen LogP contribution in [-0.2, 0) is 16.6 Å². The van der Waals surface area contributed by atoms with Gasteiger partial charge in [-0.25, -0.2) is 13.1 Å². The summed E-state index contributed by atoms with van der Waals surface area (Å²) in [7, 11) is -3.36. The molecule has 0 bridgehead atoms. The number of hydrogen-bond acceptors (Lipinski definition) is 4. The highest BCUT2D eigenvalue weighted by Gasteiger charge is 2.22. The Morgan fingerprint density at radius 1 is 1.35 bits per heavy atom. The van der Waals surface area contributed by atoms with E-state index in [1.54, 1.807) is 6.07 Å². The molecule has 1 saturated carbocycles. The van der Waals surface area contributed by atoms with Crippen molar-refractivity contribution >= 4 is 21.4 Å². The molecule has 114 valence electrons. The van der Waals surface area contributed by atoms with E-state index in [0.717, 1.165) is 17.7 Å². The predicted molar refractivity (Wildman–Crippen MR) is 83.4 cm³/mol. The lowest BCUT2D eigenvalue weighted by atomic mass is 10.1. The Morgan fingerprint density at radius 3 is 2.70 bits per heavy atom. The first-order valence-electron chi connectivity index (χ1n) is 7.28. The van der Waals surface area contributed by atoms with Crippen LogP contribution in [0.1, 0.15) is 44.4 Å². The summed E-state index contributed by atoms with van der Waals surface area (Å²) in [6, 6.07) is 2.05. The third-order valence-electron chi connectivity index (χ3n) is 3.70. The topological polar surface area (TPSA) is 58.2 Å². The largest absolute Gasteiger partial charge is 0.310 e. The Balaban J connectivity index is 1.99. The number of nitrogens with one attached hydrogen (secondary N) is 2. The molecule has 1 fully saturated rings. The van der Waals surface area contributed by atoms with Gasteiger partial charge in [-0.15, -0.1) is 11.3 Å². The summed E-state index contributed by atoms with van der Waals surface area (Å²) in [5, 5.41) is 5.12. The minimum atomic E-state index is -3.36. The summed E-state index contributed by atoms with van der Waals surface area (Å²) in [4.78, 5) is 1.33. The summed E-state index contributed by atoms with van der Waals surface area (Å²) >= 11 is 1.49. The van der Waals surface area contributed by atoms with Gasteiger partial charge in [0.1, 0.15) is 0 Å². The third kappa shape index (κ3) is 4.28. The Kier molecular flexibility index (Phi) is 5.60. The summed E-state index contributed by atoms with van der Waals surface area (Å²) in [5.74, 6) is 0.514. The van der Waals surface area contributed by atoms with Crippen molar-refractivity contribution in [3.63, 3.8) is 0 Å². The number of hydrogen-bond donors (Lipinski definition) is 2. The first kappa shape index (κ1) is 15.9. The van der Waals surface area contributed by atoms with Crippen LogP contribution in [0.25, 0.3) is 0 Å². The van der Waals surface area contributed by atoms with Crippen LogP contribution in [0.4, 0.5) is 0 Å². The molecule has 0 spiro atoms. The van der Waals surface area contributed by atoms with Gasteiger partial charge in [-0.05, 0) is 30.2 Å². The van der Waals surface area contributed by atoms with Crippen LogP contribution in [0.3, 0.4) is 0 Å². The van der Waals surface area contributed by atoms with Crippen LogP contribution in [0, 0.1) is 5.92 Å². The molecule has 2 rings (SSSR count). The molecule has 1 aromatic rings. The van der Waals surface area contributed by atoms with Crippen LogP contribution in [0.5, 0.6) is 0 Å². The number of thiophene rings is 1. The van der Waals surface area contributed by atoms with Gasteiger partial charge in [0.2, 0.25) is 10.0 Å². The fourth-order valence-corrected chi connectivity index (χ4v) is 5.02. The zero-order valence-corrected chi connectivity index (χ0v) is 13.8. The minimum Gasteiger partial charge on any atom is -0.310 e. The van der Waals surface area contributed by atoms with Crippen LogP contribution in [0.15, 0.2) is 16.3 Å². The van der Waals surface area contributed by atoms with E-state index in [9.17, 15) is 8.42 Å². The zero-order chi connectivity index (χ0) is 14.6. The monoisotopic (exact) mass is 316 g/mol. The molecule has 4 nitrogen and oxygen atoms in total. The highest BCUT2D eigenvalue weighted by Crippen LogP contribution is 2.25. The predicted octanol–water partition coefficient (Wildman–Crippen LogP) is 2.71. The third-order valence-corrected chi connectivity index (χ3v) is 6.26. The quantitative estimate of drug-likeness (QED) is 0.813. The SMILES string of the molecule is CC(C)NCc1sccc1S(=O)(=O)NCC1CCCC1. The minimum absolute atomic E-state index is 0.346. The van der Waals surface area contributed by atoms with Gasteiger partial charge < -0.3 is 5.32 Å². The van der Waals surface area contributed by atoms with E-state index in [2.05, 4.69) is 23.9 Å². The maximum atomic E-state index is 12.4. The van der Waals surface area contributed by atoms with E-state index in [1.165, 1.54) is 24.2 Å². The second-order valence-electron chi connectivity index (χ2n) is 5.75. The van der Waals surface area contributed by atoms with Crippen LogP contribution in [0.2, 0.25) is 0 Å². The summed E-state index contributed by atoms with van der Waals surface area (Å²) in [5.41, 5.74) is 0. The molecule has 0 aromatic carbocycles. The summed E-state index contributed by atoms with van der Waals surface area (Å²) < 4.78 is 27.5. The van der Waals surface area contributed by atoms with Crippen molar-refractivity contribution in [3.05, 3.63) is 16.3 Å². The van der Waals surface area contributed by atoms with E-state index < -0.39 is 10.0 Å². The van der Waals surface area contributed by atoms with Crippen molar-refractivity contribution < 1.29 is 8.42 Å². The highest BCUT2D eigenvalue weighted by atomic mass is 32.2. The van der Waals surface area contributed by atoms with Crippen molar-refractivity contribution in [3.8, 4) is 0 Å². The summed E-state index contributed by atoms with van der Waals surface area (Å²) in [6.07, 6.45) is 4.75. The van der Waals surface area contributed by atoms with Gasteiger partial charge in [-0.2, -0.15) is 0 Å². The lowest BCUT2D eigenvalue weighted by Gasteiger charge is -2.12. The van der Waals surface area contributed by atoms with E-state index in [1.807, 2.05) is 5.38 Å². The first-order chi connectivity index (χ1) is 9.49. The van der Waals surface area contributed by atoms with Crippen LogP contribution < -0.4 is 10.0 Å². The van der Waals surface area contributed by atoms with E-state index >= 15 is 0 Å².